The minimum atomic E-state index is -0.372. The van der Waals surface area contributed by atoms with Gasteiger partial charge in [-0.15, -0.1) is 0 Å². The monoisotopic (exact) mass is 328 g/mol. The fraction of sp³-hybridized carbons (Fsp3) is 0.278. The molecular weight excluding hydrogens is 306 g/mol. The Balaban J connectivity index is 2.08. The molecule has 0 spiro atoms. The molecule has 1 unspecified atom stereocenters. The summed E-state index contributed by atoms with van der Waals surface area (Å²) in [5, 5.41) is 13.5. The average molecular weight is 328 g/mol. The Morgan fingerprint density at radius 1 is 1.25 bits per heavy atom. The number of nitrogens with one attached hydrogen (secondary N) is 2. The zero-order chi connectivity index (χ0) is 17.7. The van der Waals surface area contributed by atoms with Crippen LogP contribution in [0.1, 0.15) is 34.5 Å². The van der Waals surface area contributed by atoms with Crippen molar-refractivity contribution in [1.29, 1.82) is 0 Å². The number of hydrogen-bond acceptors (Lipinski definition) is 3. The highest BCUT2D eigenvalue weighted by Gasteiger charge is 2.18. The molecule has 0 aliphatic rings. The van der Waals surface area contributed by atoms with Crippen LogP contribution in [0.15, 0.2) is 48.5 Å². The smallest absolute Gasteiger partial charge is 0.269 e. The lowest BCUT2D eigenvalue weighted by Crippen LogP contribution is -3.07. The van der Waals surface area contributed by atoms with Gasteiger partial charge in [0.05, 0.1) is 12.0 Å². The maximum atomic E-state index is 11.6. The predicted molar refractivity (Wildman–Crippen MR) is 91.9 cm³/mol. The second-order valence-electron chi connectivity index (χ2n) is 5.87. The predicted octanol–water partition coefficient (Wildman–Crippen LogP) is 1.73. The molecule has 0 aliphatic heterocycles. The van der Waals surface area contributed by atoms with Crippen molar-refractivity contribution in [3.8, 4) is 0 Å². The average Bonchev–Trinajstić information content (AvgIpc) is 2.61. The first-order valence-electron chi connectivity index (χ1n) is 7.80. The van der Waals surface area contributed by atoms with Crippen LogP contribution in [0.3, 0.4) is 0 Å². The van der Waals surface area contributed by atoms with Gasteiger partial charge in [-0.25, -0.2) is 0 Å². The van der Waals surface area contributed by atoms with E-state index in [1.807, 2.05) is 25.1 Å². The van der Waals surface area contributed by atoms with E-state index in [0.717, 1.165) is 17.7 Å². The Hall–Kier alpha value is -2.73. The van der Waals surface area contributed by atoms with Gasteiger partial charge in [0.2, 0.25) is 0 Å². The maximum Gasteiger partial charge on any atom is 0.269 e. The molecule has 6 nitrogen and oxygen atoms in total. The lowest BCUT2D eigenvalue weighted by atomic mass is 10.1. The summed E-state index contributed by atoms with van der Waals surface area (Å²) >= 11 is 0. The molecule has 0 saturated carbocycles. The highest BCUT2D eigenvalue weighted by molar-refractivity contribution is 5.93. The molecule has 0 bridgehead atoms. The molecule has 1 amide bonds. The first-order valence-corrected chi connectivity index (χ1v) is 7.80. The summed E-state index contributed by atoms with van der Waals surface area (Å²) in [7, 11) is 3.66. The van der Waals surface area contributed by atoms with Crippen LogP contribution < -0.4 is 10.2 Å². The Kier molecular flexibility index (Phi) is 5.65. The number of rotatable bonds is 6. The van der Waals surface area contributed by atoms with E-state index < -0.39 is 0 Å². The molecule has 2 N–H and O–H groups in total. The van der Waals surface area contributed by atoms with Gasteiger partial charge in [-0.05, 0) is 19.1 Å². The SMILES string of the molecule is CNC(=O)c1ccc(C[NH+](C)[C@H](C)c2cccc([N+](=O)[O-])c2)cc1. The summed E-state index contributed by atoms with van der Waals surface area (Å²) < 4.78 is 0. The summed E-state index contributed by atoms with van der Waals surface area (Å²) in [5.41, 5.74) is 2.79. The maximum absolute atomic E-state index is 11.6. The van der Waals surface area contributed by atoms with E-state index in [9.17, 15) is 14.9 Å². The number of nitrogens with zero attached hydrogens (tertiary/aromatic N) is 1. The van der Waals surface area contributed by atoms with Crippen LogP contribution in [0.2, 0.25) is 0 Å². The van der Waals surface area contributed by atoms with Crippen molar-refractivity contribution in [2.45, 2.75) is 19.5 Å². The van der Waals surface area contributed by atoms with Gasteiger partial charge in [-0.3, -0.25) is 14.9 Å². The minimum Gasteiger partial charge on any atom is -0.355 e. The van der Waals surface area contributed by atoms with Crippen LogP contribution in [-0.4, -0.2) is 24.9 Å². The number of amides is 1. The van der Waals surface area contributed by atoms with Crippen molar-refractivity contribution < 1.29 is 14.6 Å². The molecule has 0 radical (unpaired) electrons. The second-order valence-corrected chi connectivity index (χ2v) is 5.87. The number of nitro groups is 1. The molecule has 0 heterocycles. The standard InChI is InChI=1S/C18H21N3O3/c1-13(16-5-4-6-17(11-16)21(23)24)20(3)12-14-7-9-15(10-8-14)18(22)19-2/h4-11,13H,12H2,1-3H3,(H,19,22)/p+1/t13-/m1/s1. The third-order valence-corrected chi connectivity index (χ3v) is 4.25. The molecule has 0 saturated heterocycles. The normalized spacial score (nSPS) is 13.1. The lowest BCUT2D eigenvalue weighted by Gasteiger charge is -2.22. The molecule has 2 atom stereocenters. The Morgan fingerprint density at radius 2 is 1.92 bits per heavy atom. The van der Waals surface area contributed by atoms with Gasteiger partial charge >= 0.3 is 0 Å². The Labute approximate surface area is 141 Å². The number of non-ortho nitro benzene ring substituents is 1. The van der Waals surface area contributed by atoms with Crippen LogP contribution >= 0.6 is 0 Å². The van der Waals surface area contributed by atoms with Crippen LogP contribution in [0, 0.1) is 10.1 Å². The van der Waals surface area contributed by atoms with E-state index in [-0.39, 0.29) is 22.6 Å². The molecular formula is C18H22N3O3+. The van der Waals surface area contributed by atoms with E-state index in [0.29, 0.717) is 5.56 Å². The van der Waals surface area contributed by atoms with Crippen molar-refractivity contribution in [1.82, 2.24) is 5.32 Å². The molecule has 24 heavy (non-hydrogen) atoms. The third kappa shape index (κ3) is 4.17. The van der Waals surface area contributed by atoms with E-state index in [2.05, 4.69) is 12.4 Å². The number of quaternary nitrogens is 1. The summed E-state index contributed by atoms with van der Waals surface area (Å²) in [5.74, 6) is -0.104. The molecule has 126 valence electrons. The number of hydrogen-bond donors (Lipinski definition) is 2. The minimum absolute atomic E-state index is 0.104. The summed E-state index contributed by atoms with van der Waals surface area (Å²) in [6.07, 6.45) is 0. The number of carbonyl (C=O) groups is 1. The van der Waals surface area contributed by atoms with Gasteiger partial charge in [0, 0.05) is 35.9 Å². The van der Waals surface area contributed by atoms with Crippen molar-refractivity contribution in [2.75, 3.05) is 14.1 Å². The highest BCUT2D eigenvalue weighted by atomic mass is 16.6. The molecule has 2 aromatic carbocycles. The fourth-order valence-electron chi connectivity index (χ4n) is 2.59. The molecule has 0 fully saturated rings. The largest absolute Gasteiger partial charge is 0.355 e. The highest BCUT2D eigenvalue weighted by Crippen LogP contribution is 2.17. The van der Waals surface area contributed by atoms with Crippen LogP contribution in [0.4, 0.5) is 5.69 Å². The quantitative estimate of drug-likeness (QED) is 0.626. The molecule has 0 aliphatic carbocycles. The second kappa shape index (κ2) is 7.70. The number of benzene rings is 2. The van der Waals surface area contributed by atoms with Crippen LogP contribution in [0.25, 0.3) is 0 Å². The van der Waals surface area contributed by atoms with Crippen molar-refractivity contribution in [3.63, 3.8) is 0 Å². The molecule has 2 rings (SSSR count). The van der Waals surface area contributed by atoms with Gasteiger partial charge in [0.25, 0.3) is 11.6 Å². The zero-order valence-electron chi connectivity index (χ0n) is 14.1. The van der Waals surface area contributed by atoms with Crippen LogP contribution in [-0.2, 0) is 6.54 Å². The lowest BCUT2D eigenvalue weighted by molar-refractivity contribution is -0.924. The third-order valence-electron chi connectivity index (χ3n) is 4.25. The summed E-state index contributed by atoms with van der Waals surface area (Å²) in [6, 6.07) is 14.4. The van der Waals surface area contributed by atoms with Gasteiger partial charge in [0.1, 0.15) is 12.6 Å². The van der Waals surface area contributed by atoms with Crippen molar-refractivity contribution in [3.05, 3.63) is 75.3 Å². The van der Waals surface area contributed by atoms with Gasteiger partial charge in [0.15, 0.2) is 0 Å². The number of nitro benzene ring substituents is 1. The summed E-state index contributed by atoms with van der Waals surface area (Å²) in [4.78, 5) is 23.3. The number of carbonyl (C=O) groups excluding carboxylic acids is 1. The van der Waals surface area contributed by atoms with Gasteiger partial charge in [-0.2, -0.15) is 0 Å². The topological polar surface area (TPSA) is 76.7 Å². The first kappa shape index (κ1) is 17.6. The van der Waals surface area contributed by atoms with E-state index in [1.54, 1.807) is 31.3 Å². The molecule has 6 heteroatoms. The van der Waals surface area contributed by atoms with Crippen molar-refractivity contribution >= 4 is 11.6 Å². The Morgan fingerprint density at radius 3 is 2.50 bits per heavy atom. The van der Waals surface area contributed by atoms with Crippen LogP contribution in [0.5, 0.6) is 0 Å². The van der Waals surface area contributed by atoms with Gasteiger partial charge in [-0.1, -0.05) is 24.3 Å². The summed E-state index contributed by atoms with van der Waals surface area (Å²) in [6.45, 7) is 2.81. The van der Waals surface area contributed by atoms with E-state index in [4.69, 9.17) is 0 Å². The van der Waals surface area contributed by atoms with E-state index in [1.165, 1.54) is 11.0 Å². The molecule has 2 aromatic rings. The Bertz CT molecular complexity index is 729. The van der Waals surface area contributed by atoms with Crippen molar-refractivity contribution in [2.24, 2.45) is 0 Å². The van der Waals surface area contributed by atoms with Gasteiger partial charge < -0.3 is 10.2 Å². The zero-order valence-corrected chi connectivity index (χ0v) is 14.1. The van der Waals surface area contributed by atoms with E-state index >= 15 is 0 Å². The first-order chi connectivity index (χ1) is 11.4. The fourth-order valence-corrected chi connectivity index (χ4v) is 2.59. The molecule has 0 aromatic heterocycles.